The Labute approximate surface area is 179 Å². The molecule has 0 aliphatic rings. The van der Waals surface area contributed by atoms with Gasteiger partial charge in [0.25, 0.3) is 11.6 Å². The van der Waals surface area contributed by atoms with Crippen LogP contribution in [0.4, 0.5) is 19.6 Å². The van der Waals surface area contributed by atoms with Gasteiger partial charge in [-0.25, -0.2) is 4.98 Å². The lowest BCUT2D eigenvalue weighted by atomic mass is 10.1. The van der Waals surface area contributed by atoms with Gasteiger partial charge < -0.3 is 9.47 Å². The van der Waals surface area contributed by atoms with Crippen LogP contribution in [0, 0.1) is 24.0 Å². The van der Waals surface area contributed by atoms with Crippen molar-refractivity contribution in [3.63, 3.8) is 0 Å². The number of carbonyl (C=O) groups excluding carboxylic acids is 1. The molecular formula is C20H17F2N3O5S. The molecule has 3 aromatic rings. The van der Waals surface area contributed by atoms with E-state index in [1.165, 1.54) is 0 Å². The number of amides is 1. The molecule has 0 saturated carbocycles. The maximum atomic E-state index is 12.7. The molecule has 0 unspecified atom stereocenters. The molecule has 8 nitrogen and oxygen atoms in total. The number of methoxy groups -OCH3 is 1. The van der Waals surface area contributed by atoms with Gasteiger partial charge in [-0.15, -0.1) is 11.3 Å². The number of benzene rings is 2. The minimum absolute atomic E-state index is 0.222. The first-order valence-electron chi connectivity index (χ1n) is 8.85. The van der Waals surface area contributed by atoms with Crippen molar-refractivity contribution in [1.29, 1.82) is 0 Å². The third-order valence-corrected chi connectivity index (χ3v) is 5.22. The van der Waals surface area contributed by atoms with Gasteiger partial charge in [-0.2, -0.15) is 8.78 Å². The topological polar surface area (TPSA) is 104 Å². The van der Waals surface area contributed by atoms with Crippen LogP contribution in [0.3, 0.4) is 0 Å². The predicted octanol–water partition coefficient (Wildman–Crippen LogP) is 5.20. The van der Waals surface area contributed by atoms with Crippen molar-refractivity contribution in [3.05, 3.63) is 62.5 Å². The fourth-order valence-corrected chi connectivity index (χ4v) is 3.47. The summed E-state index contributed by atoms with van der Waals surface area (Å²) in [6.07, 6.45) is 0. The summed E-state index contributed by atoms with van der Waals surface area (Å²) in [6.45, 7) is 0.749. The molecule has 0 spiro atoms. The second kappa shape index (κ2) is 9.04. The normalized spacial score (nSPS) is 10.8. The average Bonchev–Trinajstić information content (AvgIpc) is 3.17. The van der Waals surface area contributed by atoms with Crippen molar-refractivity contribution in [3.8, 4) is 22.8 Å². The maximum Gasteiger partial charge on any atom is 0.387 e. The van der Waals surface area contributed by atoms with E-state index in [1.807, 2.05) is 32.0 Å². The minimum Gasteiger partial charge on any atom is -0.493 e. The standard InChI is InChI=1S/C20H17F2N3O5S/c1-10-4-5-12(6-11(10)2)14-9-31-20(23-14)24-18(26)13-7-16(29-3)17(30-19(21)22)8-15(13)25(27)28/h4-9,19H,1-3H3,(H,23,24,26). The number of nitro groups is 1. The van der Waals surface area contributed by atoms with E-state index < -0.39 is 28.9 Å². The number of nitro benzene ring substituents is 1. The smallest absolute Gasteiger partial charge is 0.387 e. The predicted molar refractivity (Wildman–Crippen MR) is 111 cm³/mol. The van der Waals surface area contributed by atoms with Crippen LogP contribution in [-0.2, 0) is 0 Å². The molecule has 0 saturated heterocycles. The SMILES string of the molecule is COc1cc(C(=O)Nc2nc(-c3ccc(C)c(C)c3)cs2)c([N+](=O)[O-])cc1OC(F)F. The molecule has 0 fully saturated rings. The van der Waals surface area contributed by atoms with E-state index in [9.17, 15) is 23.7 Å². The lowest BCUT2D eigenvalue weighted by Crippen LogP contribution is -2.15. The molecule has 0 aliphatic carbocycles. The van der Waals surface area contributed by atoms with Gasteiger partial charge in [0.1, 0.15) is 5.56 Å². The zero-order valence-electron chi connectivity index (χ0n) is 16.6. The molecule has 31 heavy (non-hydrogen) atoms. The number of thiazole rings is 1. The molecule has 0 bridgehead atoms. The molecule has 1 aromatic heterocycles. The van der Waals surface area contributed by atoms with Crippen LogP contribution in [-0.4, -0.2) is 29.5 Å². The van der Waals surface area contributed by atoms with Gasteiger partial charge in [0, 0.05) is 17.0 Å². The first-order valence-corrected chi connectivity index (χ1v) is 9.73. The van der Waals surface area contributed by atoms with E-state index in [-0.39, 0.29) is 16.4 Å². The highest BCUT2D eigenvalue weighted by Crippen LogP contribution is 2.36. The number of nitrogens with one attached hydrogen (secondary N) is 1. The molecule has 2 aromatic carbocycles. The Bertz CT molecular complexity index is 1150. The molecule has 11 heteroatoms. The summed E-state index contributed by atoms with van der Waals surface area (Å²) in [6, 6.07) is 7.53. The highest BCUT2D eigenvalue weighted by molar-refractivity contribution is 7.14. The molecule has 1 heterocycles. The number of halogens is 2. The first-order chi connectivity index (χ1) is 14.7. The molecule has 0 aliphatic heterocycles. The molecule has 1 amide bonds. The van der Waals surface area contributed by atoms with Gasteiger partial charge in [-0.05, 0) is 31.0 Å². The summed E-state index contributed by atoms with van der Waals surface area (Å²) in [5.74, 6) is -1.63. The summed E-state index contributed by atoms with van der Waals surface area (Å²) in [7, 11) is 1.16. The quantitative estimate of drug-likeness (QED) is 0.393. The largest absolute Gasteiger partial charge is 0.493 e. The molecular weight excluding hydrogens is 432 g/mol. The Hall–Kier alpha value is -3.60. The van der Waals surface area contributed by atoms with E-state index in [0.717, 1.165) is 47.3 Å². The van der Waals surface area contributed by atoms with Crippen LogP contribution in [0.15, 0.2) is 35.7 Å². The highest BCUT2D eigenvalue weighted by Gasteiger charge is 2.26. The highest BCUT2D eigenvalue weighted by atomic mass is 32.1. The number of aromatic nitrogens is 1. The summed E-state index contributed by atoms with van der Waals surface area (Å²) < 4.78 is 34.3. The van der Waals surface area contributed by atoms with Crippen molar-refractivity contribution in [2.75, 3.05) is 12.4 Å². The fraction of sp³-hybridized carbons (Fsp3) is 0.200. The third-order valence-electron chi connectivity index (χ3n) is 4.47. The molecule has 162 valence electrons. The Balaban J connectivity index is 1.90. The Morgan fingerprint density at radius 3 is 2.55 bits per heavy atom. The van der Waals surface area contributed by atoms with E-state index in [1.54, 1.807) is 5.38 Å². The molecule has 0 atom stereocenters. The van der Waals surface area contributed by atoms with Crippen molar-refractivity contribution >= 4 is 28.1 Å². The van der Waals surface area contributed by atoms with Gasteiger partial charge in [0.2, 0.25) is 0 Å². The van der Waals surface area contributed by atoms with E-state index in [4.69, 9.17) is 4.74 Å². The second-order valence-corrected chi connectivity index (χ2v) is 7.30. The molecule has 0 radical (unpaired) electrons. The number of anilines is 1. The summed E-state index contributed by atoms with van der Waals surface area (Å²) in [4.78, 5) is 27.6. The number of carbonyl (C=O) groups is 1. The number of hydrogen-bond acceptors (Lipinski definition) is 7. The van der Waals surface area contributed by atoms with Crippen molar-refractivity contribution in [2.45, 2.75) is 20.5 Å². The number of hydrogen-bond donors (Lipinski definition) is 1. The van der Waals surface area contributed by atoms with Gasteiger partial charge in [-0.1, -0.05) is 12.1 Å². The van der Waals surface area contributed by atoms with Gasteiger partial charge in [-0.3, -0.25) is 20.2 Å². The van der Waals surface area contributed by atoms with E-state index in [2.05, 4.69) is 15.0 Å². The van der Waals surface area contributed by atoms with Crippen LogP contribution in [0.5, 0.6) is 11.5 Å². The van der Waals surface area contributed by atoms with Gasteiger partial charge >= 0.3 is 6.61 Å². The number of rotatable bonds is 7. The fourth-order valence-electron chi connectivity index (χ4n) is 2.76. The zero-order chi connectivity index (χ0) is 22.7. The monoisotopic (exact) mass is 449 g/mol. The molecule has 3 rings (SSSR count). The van der Waals surface area contributed by atoms with Crippen molar-refractivity contribution in [1.82, 2.24) is 4.98 Å². The van der Waals surface area contributed by atoms with Gasteiger partial charge in [0.15, 0.2) is 16.6 Å². The van der Waals surface area contributed by atoms with Crippen LogP contribution in [0.2, 0.25) is 0 Å². The first kappa shape index (κ1) is 22.1. The lowest BCUT2D eigenvalue weighted by molar-refractivity contribution is -0.385. The third kappa shape index (κ3) is 4.94. The number of alkyl halides is 2. The number of nitrogens with zero attached hydrogens (tertiary/aromatic N) is 2. The Morgan fingerprint density at radius 1 is 1.19 bits per heavy atom. The minimum atomic E-state index is -3.22. The number of ether oxygens (including phenoxy) is 2. The van der Waals surface area contributed by atoms with Gasteiger partial charge in [0.05, 0.1) is 23.8 Å². The van der Waals surface area contributed by atoms with Crippen molar-refractivity contribution in [2.24, 2.45) is 0 Å². The van der Waals surface area contributed by atoms with E-state index in [0.29, 0.717) is 5.69 Å². The number of aryl methyl sites for hydroxylation is 2. The average molecular weight is 449 g/mol. The Kier molecular flexibility index (Phi) is 6.44. The van der Waals surface area contributed by atoms with Crippen molar-refractivity contribution < 1.29 is 28.0 Å². The Morgan fingerprint density at radius 2 is 1.94 bits per heavy atom. The second-order valence-electron chi connectivity index (χ2n) is 6.45. The van der Waals surface area contributed by atoms with E-state index >= 15 is 0 Å². The van der Waals surface area contributed by atoms with Crippen LogP contribution >= 0.6 is 11.3 Å². The molecule has 1 N–H and O–H groups in total. The summed E-state index contributed by atoms with van der Waals surface area (Å²) >= 11 is 1.15. The lowest BCUT2D eigenvalue weighted by Gasteiger charge is -2.11. The zero-order valence-corrected chi connectivity index (χ0v) is 17.5. The van der Waals surface area contributed by atoms with Crippen LogP contribution < -0.4 is 14.8 Å². The summed E-state index contributed by atoms with van der Waals surface area (Å²) in [5, 5.41) is 15.9. The maximum absolute atomic E-state index is 12.7. The van der Waals surface area contributed by atoms with Crippen LogP contribution in [0.25, 0.3) is 11.3 Å². The van der Waals surface area contributed by atoms with Crippen LogP contribution in [0.1, 0.15) is 21.5 Å². The summed E-state index contributed by atoms with van der Waals surface area (Å²) in [5.41, 5.74) is 2.63.